The highest BCUT2D eigenvalue weighted by Crippen LogP contribution is 2.23. The van der Waals surface area contributed by atoms with E-state index in [-0.39, 0.29) is 5.91 Å². The summed E-state index contributed by atoms with van der Waals surface area (Å²) in [4.78, 5) is 12.1. The van der Waals surface area contributed by atoms with Gasteiger partial charge in [-0.2, -0.15) is 0 Å². The average molecular weight is 287 g/mol. The number of benzene rings is 2. The molecule has 1 heterocycles. The molecule has 2 aromatic carbocycles. The molecule has 3 nitrogen and oxygen atoms in total. The van der Waals surface area contributed by atoms with Crippen molar-refractivity contribution in [1.29, 1.82) is 0 Å². The van der Waals surface area contributed by atoms with Crippen LogP contribution in [0.5, 0.6) is 0 Å². The van der Waals surface area contributed by atoms with Crippen LogP contribution in [0.1, 0.15) is 21.5 Å². The predicted molar refractivity (Wildman–Crippen MR) is 81.3 cm³/mol. The molecule has 3 rings (SSSR count). The number of halogens is 1. The van der Waals surface area contributed by atoms with E-state index in [1.165, 1.54) is 5.56 Å². The number of anilines is 1. The number of rotatable bonds is 3. The molecule has 20 heavy (non-hydrogen) atoms. The van der Waals surface area contributed by atoms with E-state index in [2.05, 4.69) is 10.6 Å². The number of carbonyl (C=O) groups excluding carboxylic acids is 1. The van der Waals surface area contributed by atoms with Crippen molar-refractivity contribution in [2.24, 2.45) is 0 Å². The molecule has 0 fully saturated rings. The average Bonchev–Trinajstić information content (AvgIpc) is 2.93. The minimum absolute atomic E-state index is 0.0588. The Balaban J connectivity index is 1.66. The first-order valence-corrected chi connectivity index (χ1v) is 6.99. The Morgan fingerprint density at radius 1 is 1.20 bits per heavy atom. The summed E-state index contributed by atoms with van der Waals surface area (Å²) in [7, 11) is 0. The molecule has 0 aromatic heterocycles. The lowest BCUT2D eigenvalue weighted by molar-refractivity contribution is 0.0951. The largest absolute Gasteiger partial charge is 0.384 e. The lowest BCUT2D eigenvalue weighted by Gasteiger charge is -2.07. The smallest absolute Gasteiger partial charge is 0.251 e. The Morgan fingerprint density at radius 2 is 2.00 bits per heavy atom. The third-order valence-corrected chi connectivity index (χ3v) is 3.70. The molecule has 1 aliphatic rings. The fourth-order valence-corrected chi connectivity index (χ4v) is 2.44. The summed E-state index contributed by atoms with van der Waals surface area (Å²) in [5.74, 6) is -0.0588. The van der Waals surface area contributed by atoms with Gasteiger partial charge in [0, 0.05) is 29.4 Å². The maximum atomic E-state index is 12.1. The number of amides is 1. The van der Waals surface area contributed by atoms with Gasteiger partial charge in [-0.15, -0.1) is 0 Å². The SMILES string of the molecule is O=C(NCc1ccc(Cl)cc1)c1ccc2c(c1)NCC2. The minimum Gasteiger partial charge on any atom is -0.384 e. The van der Waals surface area contributed by atoms with Gasteiger partial charge in [0.2, 0.25) is 0 Å². The van der Waals surface area contributed by atoms with Crippen LogP contribution >= 0.6 is 11.6 Å². The molecule has 0 saturated heterocycles. The standard InChI is InChI=1S/C16H15ClN2O/c17-14-5-1-11(2-6-14)10-19-16(20)13-4-3-12-7-8-18-15(12)9-13/h1-6,9,18H,7-8,10H2,(H,19,20). The molecule has 2 N–H and O–H groups in total. The van der Waals surface area contributed by atoms with Crippen molar-refractivity contribution in [2.75, 3.05) is 11.9 Å². The van der Waals surface area contributed by atoms with Crippen LogP contribution in [0.25, 0.3) is 0 Å². The van der Waals surface area contributed by atoms with Gasteiger partial charge >= 0.3 is 0 Å². The van der Waals surface area contributed by atoms with Gasteiger partial charge in [0.25, 0.3) is 5.91 Å². The van der Waals surface area contributed by atoms with Crippen LogP contribution in [-0.2, 0) is 13.0 Å². The van der Waals surface area contributed by atoms with E-state index < -0.39 is 0 Å². The van der Waals surface area contributed by atoms with Crippen molar-refractivity contribution >= 4 is 23.2 Å². The van der Waals surface area contributed by atoms with Gasteiger partial charge in [0.05, 0.1) is 0 Å². The monoisotopic (exact) mass is 286 g/mol. The quantitative estimate of drug-likeness (QED) is 0.909. The molecule has 0 atom stereocenters. The maximum Gasteiger partial charge on any atom is 0.251 e. The van der Waals surface area contributed by atoms with Crippen molar-refractivity contribution in [2.45, 2.75) is 13.0 Å². The number of hydrogen-bond acceptors (Lipinski definition) is 2. The zero-order valence-corrected chi connectivity index (χ0v) is 11.7. The van der Waals surface area contributed by atoms with Crippen molar-refractivity contribution in [3.05, 3.63) is 64.2 Å². The Bertz CT molecular complexity index is 637. The molecule has 0 saturated carbocycles. The van der Waals surface area contributed by atoms with Crippen LogP contribution in [0.15, 0.2) is 42.5 Å². The number of fused-ring (bicyclic) bond motifs is 1. The van der Waals surface area contributed by atoms with Crippen molar-refractivity contribution < 1.29 is 4.79 Å². The summed E-state index contributed by atoms with van der Waals surface area (Å²) in [5.41, 5.74) is 4.07. The summed E-state index contributed by atoms with van der Waals surface area (Å²) in [6.45, 7) is 1.45. The summed E-state index contributed by atoms with van der Waals surface area (Å²) in [6, 6.07) is 13.3. The first-order chi connectivity index (χ1) is 9.72. The van der Waals surface area contributed by atoms with E-state index >= 15 is 0 Å². The molecule has 1 aliphatic heterocycles. The number of hydrogen-bond donors (Lipinski definition) is 2. The van der Waals surface area contributed by atoms with E-state index in [0.717, 1.165) is 24.2 Å². The van der Waals surface area contributed by atoms with E-state index in [1.807, 2.05) is 42.5 Å². The molecule has 4 heteroatoms. The Kier molecular flexibility index (Phi) is 3.61. The summed E-state index contributed by atoms with van der Waals surface area (Å²) < 4.78 is 0. The molecule has 2 aromatic rings. The predicted octanol–water partition coefficient (Wildman–Crippen LogP) is 3.24. The Labute approximate surface area is 123 Å². The van der Waals surface area contributed by atoms with Crippen LogP contribution in [0.3, 0.4) is 0 Å². The highest BCUT2D eigenvalue weighted by molar-refractivity contribution is 6.30. The third-order valence-electron chi connectivity index (χ3n) is 3.45. The van der Waals surface area contributed by atoms with Gasteiger partial charge in [-0.3, -0.25) is 4.79 Å². The highest BCUT2D eigenvalue weighted by atomic mass is 35.5. The fraction of sp³-hybridized carbons (Fsp3) is 0.188. The molecular formula is C16H15ClN2O. The van der Waals surface area contributed by atoms with Crippen LogP contribution < -0.4 is 10.6 Å². The van der Waals surface area contributed by atoms with Crippen LogP contribution in [0, 0.1) is 0 Å². The maximum absolute atomic E-state index is 12.1. The van der Waals surface area contributed by atoms with Crippen LogP contribution in [0.2, 0.25) is 5.02 Å². The molecular weight excluding hydrogens is 272 g/mol. The van der Waals surface area contributed by atoms with Crippen molar-refractivity contribution in [3.63, 3.8) is 0 Å². The van der Waals surface area contributed by atoms with Crippen molar-refractivity contribution in [1.82, 2.24) is 5.32 Å². The first kappa shape index (κ1) is 13.0. The van der Waals surface area contributed by atoms with Gasteiger partial charge < -0.3 is 10.6 Å². The van der Waals surface area contributed by atoms with Gasteiger partial charge in [0.15, 0.2) is 0 Å². The molecule has 102 valence electrons. The summed E-state index contributed by atoms with van der Waals surface area (Å²) in [6.07, 6.45) is 1.03. The van der Waals surface area contributed by atoms with Gasteiger partial charge in [-0.1, -0.05) is 29.8 Å². The second kappa shape index (κ2) is 5.55. The van der Waals surface area contributed by atoms with Crippen LogP contribution in [0.4, 0.5) is 5.69 Å². The zero-order valence-electron chi connectivity index (χ0n) is 10.9. The highest BCUT2D eigenvalue weighted by Gasteiger charge is 2.13. The van der Waals surface area contributed by atoms with Crippen molar-refractivity contribution in [3.8, 4) is 0 Å². The lowest BCUT2D eigenvalue weighted by atomic mass is 10.1. The topological polar surface area (TPSA) is 41.1 Å². The second-order valence-electron chi connectivity index (χ2n) is 4.86. The lowest BCUT2D eigenvalue weighted by Crippen LogP contribution is -2.22. The van der Waals surface area contributed by atoms with E-state index in [4.69, 9.17) is 11.6 Å². The van der Waals surface area contributed by atoms with E-state index in [1.54, 1.807) is 0 Å². The van der Waals surface area contributed by atoms with E-state index in [0.29, 0.717) is 17.1 Å². The van der Waals surface area contributed by atoms with Crippen LogP contribution in [-0.4, -0.2) is 12.5 Å². The number of carbonyl (C=O) groups is 1. The van der Waals surface area contributed by atoms with Gasteiger partial charge in [-0.25, -0.2) is 0 Å². The fourth-order valence-electron chi connectivity index (χ4n) is 2.32. The second-order valence-corrected chi connectivity index (χ2v) is 5.29. The minimum atomic E-state index is -0.0588. The molecule has 0 unspecified atom stereocenters. The zero-order chi connectivity index (χ0) is 13.9. The normalized spacial score (nSPS) is 12.7. The van der Waals surface area contributed by atoms with E-state index in [9.17, 15) is 4.79 Å². The molecule has 0 aliphatic carbocycles. The number of nitrogens with one attached hydrogen (secondary N) is 2. The summed E-state index contributed by atoms with van der Waals surface area (Å²) >= 11 is 5.83. The first-order valence-electron chi connectivity index (χ1n) is 6.62. The Hall–Kier alpha value is -2.00. The van der Waals surface area contributed by atoms with Gasteiger partial charge in [0.1, 0.15) is 0 Å². The molecule has 1 amide bonds. The summed E-state index contributed by atoms with van der Waals surface area (Å²) in [5, 5.41) is 6.90. The molecule has 0 radical (unpaired) electrons. The van der Waals surface area contributed by atoms with Gasteiger partial charge in [-0.05, 0) is 41.8 Å². The third kappa shape index (κ3) is 2.78. The Morgan fingerprint density at radius 3 is 2.80 bits per heavy atom. The molecule has 0 spiro atoms. The molecule has 0 bridgehead atoms.